The van der Waals surface area contributed by atoms with E-state index >= 15 is 0 Å². The molecule has 0 aliphatic rings. The summed E-state index contributed by atoms with van der Waals surface area (Å²) in [5.74, 6) is 0.263. The van der Waals surface area contributed by atoms with Crippen molar-refractivity contribution in [3.63, 3.8) is 0 Å². The third kappa shape index (κ3) is 6.09. The molecular formula is C29H22ClN3O5. The minimum atomic E-state index is -0.724. The van der Waals surface area contributed by atoms with E-state index in [2.05, 4.69) is 5.32 Å². The summed E-state index contributed by atoms with van der Waals surface area (Å²) in [7, 11) is 0. The van der Waals surface area contributed by atoms with Crippen LogP contribution in [0.15, 0.2) is 84.4 Å². The molecule has 4 aromatic carbocycles. The first-order valence-corrected chi connectivity index (χ1v) is 12.0. The van der Waals surface area contributed by atoms with Crippen LogP contribution < -0.4 is 14.8 Å². The predicted octanol–water partition coefficient (Wildman–Crippen LogP) is 6.92. The molecule has 0 saturated carbocycles. The van der Waals surface area contributed by atoms with Crippen LogP contribution in [-0.4, -0.2) is 17.4 Å². The summed E-state index contributed by atoms with van der Waals surface area (Å²) < 4.78 is 11.8. The molecule has 0 aliphatic heterocycles. The molecule has 4 rings (SSSR count). The first-order valence-electron chi connectivity index (χ1n) is 11.6. The average Bonchev–Trinajstić information content (AvgIpc) is 2.92. The molecular weight excluding hydrogens is 506 g/mol. The molecule has 0 unspecified atom stereocenters. The fourth-order valence-corrected chi connectivity index (χ4v) is 4.01. The van der Waals surface area contributed by atoms with Gasteiger partial charge < -0.3 is 14.8 Å². The number of anilines is 1. The highest BCUT2D eigenvalue weighted by atomic mass is 35.5. The minimum absolute atomic E-state index is 0.0599. The zero-order chi connectivity index (χ0) is 27.1. The fourth-order valence-electron chi connectivity index (χ4n) is 3.82. The maximum Gasteiger partial charge on any atom is 0.289 e. The monoisotopic (exact) mass is 527 g/mol. The first kappa shape index (κ1) is 26.2. The van der Waals surface area contributed by atoms with Gasteiger partial charge in [-0.15, -0.1) is 0 Å². The van der Waals surface area contributed by atoms with Gasteiger partial charge >= 0.3 is 0 Å². The van der Waals surface area contributed by atoms with Crippen molar-refractivity contribution in [3.05, 3.63) is 111 Å². The number of nitrogens with zero attached hydrogens (tertiary/aromatic N) is 2. The van der Waals surface area contributed by atoms with Gasteiger partial charge in [-0.3, -0.25) is 14.9 Å². The molecule has 0 fully saturated rings. The van der Waals surface area contributed by atoms with Crippen LogP contribution >= 0.6 is 11.6 Å². The number of fused-ring (bicyclic) bond motifs is 1. The number of halogens is 1. The van der Waals surface area contributed by atoms with Gasteiger partial charge in [-0.25, -0.2) is 0 Å². The number of carbonyl (C=O) groups excluding carboxylic acids is 1. The van der Waals surface area contributed by atoms with Gasteiger partial charge in [0.25, 0.3) is 11.6 Å². The van der Waals surface area contributed by atoms with Crippen LogP contribution in [0.3, 0.4) is 0 Å². The average molecular weight is 528 g/mol. The maximum atomic E-state index is 12.7. The highest BCUT2D eigenvalue weighted by Crippen LogP contribution is 2.31. The number of nitro groups is 1. The highest BCUT2D eigenvalue weighted by molar-refractivity contribution is 6.32. The molecule has 0 aromatic heterocycles. The molecule has 0 radical (unpaired) electrons. The molecule has 4 aromatic rings. The van der Waals surface area contributed by atoms with Crippen molar-refractivity contribution in [1.82, 2.24) is 0 Å². The van der Waals surface area contributed by atoms with Gasteiger partial charge in [0.05, 0.1) is 11.5 Å². The lowest BCUT2D eigenvalue weighted by atomic mass is 10.1. The molecule has 8 nitrogen and oxygen atoms in total. The molecule has 1 amide bonds. The van der Waals surface area contributed by atoms with Crippen molar-refractivity contribution in [1.29, 1.82) is 5.26 Å². The predicted molar refractivity (Wildman–Crippen MR) is 146 cm³/mol. The van der Waals surface area contributed by atoms with E-state index in [1.54, 1.807) is 18.2 Å². The second kappa shape index (κ2) is 11.9. The van der Waals surface area contributed by atoms with Gasteiger partial charge in [-0.1, -0.05) is 60.1 Å². The van der Waals surface area contributed by atoms with E-state index in [-0.39, 0.29) is 22.0 Å². The van der Waals surface area contributed by atoms with Crippen LogP contribution in [0.5, 0.6) is 11.5 Å². The van der Waals surface area contributed by atoms with Crippen molar-refractivity contribution >= 4 is 45.7 Å². The second-order valence-corrected chi connectivity index (χ2v) is 8.52. The number of hydrogen-bond donors (Lipinski definition) is 1. The van der Waals surface area contributed by atoms with E-state index < -0.39 is 10.8 Å². The lowest BCUT2D eigenvalue weighted by Gasteiger charge is -2.14. The Hall–Kier alpha value is -4.87. The summed E-state index contributed by atoms with van der Waals surface area (Å²) >= 11 is 5.82. The first-order chi connectivity index (χ1) is 18.4. The SMILES string of the molecule is CCOc1cc(/C=C(\C#N)C(=O)Nc2ccc(Cl)c([N+](=O)[O-])c2)ccc1OCc1cccc2ccccc12. The molecule has 9 heteroatoms. The smallest absolute Gasteiger partial charge is 0.289 e. The van der Waals surface area contributed by atoms with Crippen molar-refractivity contribution < 1.29 is 19.2 Å². The Bertz CT molecular complexity index is 1590. The number of nitro benzene ring substituents is 1. The zero-order valence-corrected chi connectivity index (χ0v) is 21.1. The summed E-state index contributed by atoms with van der Waals surface area (Å²) in [6.07, 6.45) is 1.40. The van der Waals surface area contributed by atoms with Crippen LogP contribution in [0.2, 0.25) is 5.02 Å². The molecule has 0 atom stereocenters. The summed E-state index contributed by atoms with van der Waals surface area (Å²) in [5.41, 5.74) is 1.15. The second-order valence-electron chi connectivity index (χ2n) is 8.11. The van der Waals surface area contributed by atoms with Crippen LogP contribution in [-0.2, 0) is 11.4 Å². The molecule has 1 N–H and O–H groups in total. The molecule has 38 heavy (non-hydrogen) atoms. The lowest BCUT2D eigenvalue weighted by Crippen LogP contribution is -2.13. The van der Waals surface area contributed by atoms with E-state index in [1.807, 2.05) is 55.5 Å². The summed E-state index contributed by atoms with van der Waals surface area (Å²) in [4.78, 5) is 23.2. The summed E-state index contributed by atoms with van der Waals surface area (Å²) in [6, 6.07) is 24.9. The number of hydrogen-bond acceptors (Lipinski definition) is 6. The fraction of sp³-hybridized carbons (Fsp3) is 0.103. The van der Waals surface area contributed by atoms with E-state index in [9.17, 15) is 20.2 Å². The Morgan fingerprint density at radius 1 is 1.05 bits per heavy atom. The van der Waals surface area contributed by atoms with Crippen LogP contribution in [0, 0.1) is 21.4 Å². The van der Waals surface area contributed by atoms with Gasteiger partial charge in [-0.2, -0.15) is 5.26 Å². The number of nitrogens with one attached hydrogen (secondary N) is 1. The number of carbonyl (C=O) groups is 1. The Kier molecular flexibility index (Phi) is 8.21. The number of amides is 1. The highest BCUT2D eigenvalue weighted by Gasteiger charge is 2.16. The molecule has 0 spiro atoms. The van der Waals surface area contributed by atoms with E-state index in [4.69, 9.17) is 21.1 Å². The lowest BCUT2D eigenvalue weighted by molar-refractivity contribution is -0.384. The molecule has 0 saturated heterocycles. The third-order valence-corrected chi connectivity index (χ3v) is 5.93. The Balaban J connectivity index is 1.54. The van der Waals surface area contributed by atoms with Gasteiger partial charge in [0.1, 0.15) is 23.3 Å². The Labute approximate surface area is 223 Å². The topological polar surface area (TPSA) is 114 Å². The van der Waals surface area contributed by atoms with Crippen molar-refractivity contribution in [3.8, 4) is 17.6 Å². The number of rotatable bonds is 9. The van der Waals surface area contributed by atoms with E-state index in [1.165, 1.54) is 18.2 Å². The normalized spacial score (nSPS) is 11.0. The minimum Gasteiger partial charge on any atom is -0.490 e. The molecule has 190 valence electrons. The van der Waals surface area contributed by atoms with Gasteiger partial charge in [0, 0.05) is 11.8 Å². The van der Waals surface area contributed by atoms with E-state index in [0.717, 1.165) is 22.4 Å². The standard InChI is InChI=1S/C29H22ClN3O5/c1-2-37-28-15-19(10-13-27(28)38-18-21-8-5-7-20-6-3-4-9-24(20)21)14-22(17-31)29(34)32-23-11-12-25(30)26(16-23)33(35)36/h3-16H,2,18H2,1H3,(H,32,34)/b22-14+. The van der Waals surface area contributed by atoms with Crippen molar-refractivity contribution in [2.75, 3.05) is 11.9 Å². The summed E-state index contributed by atoms with van der Waals surface area (Å²) in [5, 5.41) is 25.3. The largest absolute Gasteiger partial charge is 0.490 e. The molecule has 0 aliphatic carbocycles. The van der Waals surface area contributed by atoms with Crippen molar-refractivity contribution in [2.45, 2.75) is 13.5 Å². The quantitative estimate of drug-likeness (QED) is 0.109. The number of nitriles is 1. The van der Waals surface area contributed by atoms with Gasteiger partial charge in [0.2, 0.25) is 0 Å². The molecule has 0 heterocycles. The van der Waals surface area contributed by atoms with Gasteiger partial charge in [0.15, 0.2) is 11.5 Å². The Morgan fingerprint density at radius 3 is 2.61 bits per heavy atom. The van der Waals surface area contributed by atoms with Gasteiger partial charge in [-0.05, 0) is 59.2 Å². The zero-order valence-electron chi connectivity index (χ0n) is 20.3. The van der Waals surface area contributed by atoms with Crippen molar-refractivity contribution in [2.24, 2.45) is 0 Å². The Morgan fingerprint density at radius 2 is 1.84 bits per heavy atom. The maximum absolute atomic E-state index is 12.7. The number of benzene rings is 4. The van der Waals surface area contributed by atoms with Crippen LogP contribution in [0.1, 0.15) is 18.1 Å². The number of ether oxygens (including phenoxy) is 2. The van der Waals surface area contributed by atoms with Crippen LogP contribution in [0.25, 0.3) is 16.8 Å². The van der Waals surface area contributed by atoms with Crippen LogP contribution in [0.4, 0.5) is 11.4 Å². The molecule has 0 bridgehead atoms. The van der Waals surface area contributed by atoms with E-state index in [0.29, 0.717) is 30.3 Å². The summed E-state index contributed by atoms with van der Waals surface area (Å²) in [6.45, 7) is 2.56. The third-order valence-electron chi connectivity index (χ3n) is 5.61.